The number of hydrogen-bond acceptors (Lipinski definition) is 4. The van der Waals surface area contributed by atoms with Crippen molar-refractivity contribution >= 4 is 16.9 Å². The Morgan fingerprint density at radius 2 is 1.95 bits per heavy atom. The summed E-state index contributed by atoms with van der Waals surface area (Å²) in [6, 6.07) is 7.08. The summed E-state index contributed by atoms with van der Waals surface area (Å²) in [6.45, 7) is 7.42. The van der Waals surface area contributed by atoms with E-state index in [1.165, 1.54) is 0 Å². The number of para-hydroxylation sites is 1. The van der Waals surface area contributed by atoms with E-state index in [4.69, 9.17) is 4.42 Å². The van der Waals surface area contributed by atoms with Crippen LogP contribution in [0.1, 0.15) is 36.7 Å². The first-order valence-corrected chi connectivity index (χ1v) is 7.20. The van der Waals surface area contributed by atoms with Gasteiger partial charge >= 0.3 is 5.63 Å². The van der Waals surface area contributed by atoms with E-state index in [-0.39, 0.29) is 17.5 Å². The van der Waals surface area contributed by atoms with Gasteiger partial charge in [0.1, 0.15) is 11.1 Å². The molecule has 1 amide bonds. The van der Waals surface area contributed by atoms with Crippen LogP contribution < -0.4 is 10.9 Å². The van der Waals surface area contributed by atoms with Crippen molar-refractivity contribution in [1.82, 2.24) is 5.32 Å². The molecule has 1 aromatic carbocycles. The Hall–Kier alpha value is -2.14. The summed E-state index contributed by atoms with van der Waals surface area (Å²) in [6.07, 6.45) is -0.704. The molecule has 2 rings (SSSR count). The molecular formula is C17H21NO4. The van der Waals surface area contributed by atoms with Gasteiger partial charge in [-0.15, -0.1) is 0 Å². The molecule has 1 aromatic heterocycles. The number of amides is 1. The molecule has 0 spiro atoms. The molecule has 0 saturated heterocycles. The van der Waals surface area contributed by atoms with Gasteiger partial charge in [0, 0.05) is 11.9 Å². The van der Waals surface area contributed by atoms with Crippen molar-refractivity contribution in [3.8, 4) is 0 Å². The van der Waals surface area contributed by atoms with Crippen LogP contribution in [0.25, 0.3) is 11.0 Å². The SMILES string of the molecule is Cc1c(C(=O)NCC(O)C(C)(C)C)c(=O)oc2ccccc12. The zero-order valence-corrected chi connectivity index (χ0v) is 13.3. The maximum absolute atomic E-state index is 12.3. The van der Waals surface area contributed by atoms with Crippen molar-refractivity contribution in [1.29, 1.82) is 0 Å². The molecule has 0 fully saturated rings. The number of aliphatic hydroxyl groups excluding tert-OH is 1. The fourth-order valence-electron chi connectivity index (χ4n) is 2.15. The summed E-state index contributed by atoms with van der Waals surface area (Å²) in [5.74, 6) is -0.527. The second-order valence-corrected chi connectivity index (χ2v) is 6.48. The van der Waals surface area contributed by atoms with Gasteiger partial charge in [-0.1, -0.05) is 39.0 Å². The third-order valence-corrected chi connectivity index (χ3v) is 3.76. The molecule has 1 unspecified atom stereocenters. The van der Waals surface area contributed by atoms with E-state index < -0.39 is 17.6 Å². The molecule has 0 aliphatic carbocycles. The number of aryl methyl sites for hydroxylation is 1. The zero-order valence-electron chi connectivity index (χ0n) is 13.3. The van der Waals surface area contributed by atoms with Gasteiger partial charge in [0.05, 0.1) is 6.10 Å². The van der Waals surface area contributed by atoms with Crippen molar-refractivity contribution in [2.24, 2.45) is 5.41 Å². The average Bonchev–Trinajstić information content (AvgIpc) is 2.43. The summed E-state index contributed by atoms with van der Waals surface area (Å²) in [5, 5.41) is 13.3. The molecule has 5 heteroatoms. The van der Waals surface area contributed by atoms with E-state index in [1.54, 1.807) is 25.1 Å². The number of hydrogen-bond donors (Lipinski definition) is 2. The van der Waals surface area contributed by atoms with Gasteiger partial charge in [-0.2, -0.15) is 0 Å². The van der Waals surface area contributed by atoms with Crippen LogP contribution in [0.15, 0.2) is 33.5 Å². The number of carbonyl (C=O) groups excluding carboxylic acids is 1. The number of nitrogens with one attached hydrogen (secondary N) is 1. The third-order valence-electron chi connectivity index (χ3n) is 3.76. The summed E-state index contributed by atoms with van der Waals surface area (Å²) >= 11 is 0. The predicted octanol–water partition coefficient (Wildman–Crippen LogP) is 2.24. The van der Waals surface area contributed by atoms with E-state index in [2.05, 4.69) is 5.32 Å². The van der Waals surface area contributed by atoms with Gasteiger partial charge in [-0.05, 0) is 24.0 Å². The summed E-state index contributed by atoms with van der Waals surface area (Å²) < 4.78 is 5.19. The molecule has 0 aliphatic heterocycles. The van der Waals surface area contributed by atoms with Crippen LogP contribution in [-0.2, 0) is 0 Å². The number of rotatable bonds is 3. The molecule has 22 heavy (non-hydrogen) atoms. The van der Waals surface area contributed by atoms with Crippen molar-refractivity contribution in [2.75, 3.05) is 6.54 Å². The van der Waals surface area contributed by atoms with Gasteiger partial charge in [0.15, 0.2) is 0 Å². The first-order valence-electron chi connectivity index (χ1n) is 7.20. The van der Waals surface area contributed by atoms with Crippen molar-refractivity contribution in [3.63, 3.8) is 0 Å². The van der Waals surface area contributed by atoms with Gasteiger partial charge in [0.25, 0.3) is 5.91 Å². The highest BCUT2D eigenvalue weighted by atomic mass is 16.4. The molecule has 2 aromatic rings. The smallest absolute Gasteiger partial charge is 0.349 e. The first kappa shape index (κ1) is 16.2. The van der Waals surface area contributed by atoms with Crippen LogP contribution in [0.4, 0.5) is 0 Å². The summed E-state index contributed by atoms with van der Waals surface area (Å²) in [5.41, 5.74) is 0.000697. The fourth-order valence-corrected chi connectivity index (χ4v) is 2.15. The minimum Gasteiger partial charge on any atom is -0.422 e. The Morgan fingerprint density at radius 3 is 2.59 bits per heavy atom. The molecule has 0 aliphatic rings. The van der Waals surface area contributed by atoms with Crippen molar-refractivity contribution in [3.05, 3.63) is 45.8 Å². The van der Waals surface area contributed by atoms with E-state index in [0.29, 0.717) is 11.1 Å². The lowest BCUT2D eigenvalue weighted by Crippen LogP contribution is -2.40. The van der Waals surface area contributed by atoms with Crippen LogP contribution >= 0.6 is 0 Å². The predicted molar refractivity (Wildman–Crippen MR) is 85.0 cm³/mol. The zero-order chi connectivity index (χ0) is 16.5. The monoisotopic (exact) mass is 303 g/mol. The molecular weight excluding hydrogens is 282 g/mol. The van der Waals surface area contributed by atoms with Crippen LogP contribution in [0, 0.1) is 12.3 Å². The van der Waals surface area contributed by atoms with Crippen LogP contribution in [0.5, 0.6) is 0 Å². The van der Waals surface area contributed by atoms with Crippen molar-refractivity contribution in [2.45, 2.75) is 33.8 Å². The van der Waals surface area contributed by atoms with E-state index in [9.17, 15) is 14.7 Å². The highest BCUT2D eigenvalue weighted by molar-refractivity contribution is 5.99. The Balaban J connectivity index is 2.31. The Kier molecular flexibility index (Phi) is 4.37. The van der Waals surface area contributed by atoms with Gasteiger partial charge in [-0.25, -0.2) is 4.79 Å². The second-order valence-electron chi connectivity index (χ2n) is 6.48. The number of benzene rings is 1. The van der Waals surface area contributed by atoms with Crippen LogP contribution in [-0.4, -0.2) is 23.7 Å². The standard InChI is InChI=1S/C17H21NO4/c1-10-11-7-5-6-8-12(11)22-16(21)14(10)15(20)18-9-13(19)17(2,3)4/h5-8,13,19H,9H2,1-4H3,(H,18,20). The normalized spacial score (nSPS) is 13.1. The minimum atomic E-state index is -0.704. The fraction of sp³-hybridized carbons (Fsp3) is 0.412. The van der Waals surface area contributed by atoms with E-state index >= 15 is 0 Å². The van der Waals surface area contributed by atoms with Crippen LogP contribution in [0.2, 0.25) is 0 Å². The summed E-state index contributed by atoms with van der Waals surface area (Å²) in [4.78, 5) is 24.3. The van der Waals surface area contributed by atoms with Gasteiger partial charge < -0.3 is 14.8 Å². The molecule has 5 nitrogen and oxygen atoms in total. The molecule has 1 atom stereocenters. The first-order chi connectivity index (χ1) is 10.2. The molecule has 2 N–H and O–H groups in total. The third kappa shape index (κ3) is 3.20. The minimum absolute atomic E-state index is 0.0141. The second kappa shape index (κ2) is 5.93. The molecule has 1 heterocycles. The Labute approximate surface area is 129 Å². The topological polar surface area (TPSA) is 79.5 Å². The molecule has 118 valence electrons. The molecule has 0 radical (unpaired) electrons. The Bertz CT molecular complexity index is 755. The maximum Gasteiger partial charge on any atom is 0.349 e. The van der Waals surface area contributed by atoms with Crippen LogP contribution in [0.3, 0.4) is 0 Å². The van der Waals surface area contributed by atoms with E-state index in [0.717, 1.165) is 5.39 Å². The Morgan fingerprint density at radius 1 is 1.32 bits per heavy atom. The highest BCUT2D eigenvalue weighted by Crippen LogP contribution is 2.20. The number of carbonyl (C=O) groups is 1. The molecule has 0 saturated carbocycles. The van der Waals surface area contributed by atoms with E-state index in [1.807, 2.05) is 26.8 Å². The van der Waals surface area contributed by atoms with Crippen molar-refractivity contribution < 1.29 is 14.3 Å². The lowest BCUT2D eigenvalue weighted by atomic mass is 9.89. The quantitative estimate of drug-likeness (QED) is 0.852. The van der Waals surface area contributed by atoms with Gasteiger partial charge in [0.2, 0.25) is 0 Å². The number of fused-ring (bicyclic) bond motifs is 1. The highest BCUT2D eigenvalue weighted by Gasteiger charge is 2.24. The largest absolute Gasteiger partial charge is 0.422 e. The maximum atomic E-state index is 12.3. The average molecular weight is 303 g/mol. The number of aliphatic hydroxyl groups is 1. The lowest BCUT2D eigenvalue weighted by molar-refractivity contribution is 0.0585. The lowest BCUT2D eigenvalue weighted by Gasteiger charge is -2.25. The molecule has 0 bridgehead atoms. The summed E-state index contributed by atoms with van der Waals surface area (Å²) in [7, 11) is 0. The van der Waals surface area contributed by atoms with Gasteiger partial charge in [-0.3, -0.25) is 4.79 Å².